The molecule has 35 heavy (non-hydrogen) atoms. The Balaban J connectivity index is 1.36. The van der Waals surface area contributed by atoms with Crippen LogP contribution in [0.5, 0.6) is 0 Å². The zero-order valence-electron chi connectivity index (χ0n) is 19.5. The van der Waals surface area contributed by atoms with Gasteiger partial charge in [0.2, 0.25) is 17.4 Å². The minimum absolute atomic E-state index is 0.0837. The number of rotatable bonds is 4. The number of hydrogen-bond donors (Lipinski definition) is 1. The van der Waals surface area contributed by atoms with Crippen LogP contribution in [0.25, 0.3) is 0 Å². The molecule has 2 aromatic carbocycles. The summed E-state index contributed by atoms with van der Waals surface area (Å²) in [6.07, 6.45) is 1.41. The summed E-state index contributed by atoms with van der Waals surface area (Å²) in [5, 5.41) is 2.71. The summed E-state index contributed by atoms with van der Waals surface area (Å²) in [5.41, 5.74) is 1.37. The van der Waals surface area contributed by atoms with Gasteiger partial charge < -0.3 is 15.0 Å². The molecule has 1 aliphatic carbocycles. The van der Waals surface area contributed by atoms with E-state index in [2.05, 4.69) is 5.32 Å². The van der Waals surface area contributed by atoms with E-state index in [0.29, 0.717) is 24.1 Å². The first kappa shape index (κ1) is 23.0. The largest absolute Gasteiger partial charge is 0.427 e. The molecule has 2 saturated heterocycles. The number of nitrogens with zero attached hydrogens (tertiary/aromatic N) is 2. The molecule has 1 spiro atoms. The van der Waals surface area contributed by atoms with Gasteiger partial charge >= 0.3 is 6.09 Å². The van der Waals surface area contributed by atoms with E-state index in [0.717, 1.165) is 22.4 Å². The van der Waals surface area contributed by atoms with Crippen LogP contribution in [-0.2, 0) is 31.1 Å². The summed E-state index contributed by atoms with van der Waals surface area (Å²) in [6.45, 7) is 2.92. The van der Waals surface area contributed by atoms with Crippen LogP contribution in [0.15, 0.2) is 42.5 Å². The average Bonchev–Trinajstić information content (AvgIpc) is 3.44. The van der Waals surface area contributed by atoms with E-state index in [1.54, 1.807) is 35.2 Å². The molecule has 3 atom stereocenters. The number of fused-ring (bicyclic) bond motifs is 2. The molecule has 0 bridgehead atoms. The van der Waals surface area contributed by atoms with Crippen molar-refractivity contribution in [3.05, 3.63) is 65.0 Å². The quantitative estimate of drug-likeness (QED) is 0.722. The number of imide groups is 1. The third-order valence-electron chi connectivity index (χ3n) is 7.18. The normalized spacial score (nSPS) is 25.2. The maximum atomic E-state index is 13.5. The van der Waals surface area contributed by atoms with Crippen LogP contribution in [0.1, 0.15) is 55.8 Å². The highest BCUT2D eigenvalue weighted by atomic mass is 19.1. The Bertz CT molecular complexity index is 1230. The summed E-state index contributed by atoms with van der Waals surface area (Å²) >= 11 is 0. The van der Waals surface area contributed by atoms with Crippen molar-refractivity contribution < 1.29 is 28.3 Å². The van der Waals surface area contributed by atoms with Crippen LogP contribution in [0.3, 0.4) is 0 Å². The van der Waals surface area contributed by atoms with Crippen LogP contribution >= 0.6 is 0 Å². The standard InChI is InChI=1S/C26H26FN3O5/c1-15-3-10-22(17-4-6-19(27)7-5-17)30(15)23(32)14-29-24(33)26(35-25(29)34)12-11-18-13-20(28-16(2)31)8-9-21(18)26/h4-9,13,15,22H,3,10-12,14H2,1-2H3,(H,28,31)/t15-,22-,26?/m0/s1. The van der Waals surface area contributed by atoms with Crippen molar-refractivity contribution in [2.75, 3.05) is 11.9 Å². The number of amides is 4. The number of carbonyl (C=O) groups is 4. The van der Waals surface area contributed by atoms with E-state index in [4.69, 9.17) is 4.74 Å². The molecule has 2 heterocycles. The molecular formula is C26H26FN3O5. The molecule has 2 fully saturated rings. The van der Waals surface area contributed by atoms with Crippen molar-refractivity contribution in [3.63, 3.8) is 0 Å². The molecular weight excluding hydrogens is 453 g/mol. The van der Waals surface area contributed by atoms with Crippen molar-refractivity contribution in [2.45, 2.75) is 57.2 Å². The van der Waals surface area contributed by atoms with Gasteiger partial charge in [-0.25, -0.2) is 14.1 Å². The number of anilines is 1. The predicted octanol–water partition coefficient (Wildman–Crippen LogP) is 3.66. The molecule has 9 heteroatoms. The lowest BCUT2D eigenvalue weighted by Crippen LogP contribution is -2.46. The van der Waals surface area contributed by atoms with Gasteiger partial charge in [0, 0.05) is 30.6 Å². The molecule has 0 saturated carbocycles. The minimum atomic E-state index is -1.45. The topological polar surface area (TPSA) is 96.0 Å². The third kappa shape index (κ3) is 3.84. The van der Waals surface area contributed by atoms with Gasteiger partial charge in [-0.1, -0.05) is 18.2 Å². The van der Waals surface area contributed by atoms with Crippen LogP contribution in [0.2, 0.25) is 0 Å². The van der Waals surface area contributed by atoms with Gasteiger partial charge in [0.25, 0.3) is 5.91 Å². The number of benzene rings is 2. The molecule has 2 aliphatic heterocycles. The maximum Gasteiger partial charge on any atom is 0.418 e. The summed E-state index contributed by atoms with van der Waals surface area (Å²) in [4.78, 5) is 53.6. The van der Waals surface area contributed by atoms with Crippen molar-refractivity contribution >= 4 is 29.5 Å². The smallest absolute Gasteiger partial charge is 0.418 e. The van der Waals surface area contributed by atoms with Gasteiger partial charge in [-0.3, -0.25) is 14.4 Å². The lowest BCUT2D eigenvalue weighted by Gasteiger charge is -2.30. The van der Waals surface area contributed by atoms with Crippen LogP contribution in [0.4, 0.5) is 14.9 Å². The van der Waals surface area contributed by atoms with Gasteiger partial charge in [-0.05, 0) is 61.6 Å². The Morgan fingerprint density at radius 3 is 2.60 bits per heavy atom. The number of ether oxygens (including phenoxy) is 1. The summed E-state index contributed by atoms with van der Waals surface area (Å²) in [6, 6.07) is 10.8. The third-order valence-corrected chi connectivity index (χ3v) is 7.18. The highest BCUT2D eigenvalue weighted by molar-refractivity contribution is 6.06. The lowest BCUT2D eigenvalue weighted by molar-refractivity contribution is -0.143. The van der Waals surface area contributed by atoms with E-state index in [1.165, 1.54) is 19.1 Å². The first-order valence-corrected chi connectivity index (χ1v) is 11.7. The lowest BCUT2D eigenvalue weighted by atomic mass is 9.94. The Labute approximate surface area is 202 Å². The molecule has 0 aromatic heterocycles. The number of carbonyl (C=O) groups excluding carboxylic acids is 4. The summed E-state index contributed by atoms with van der Waals surface area (Å²) < 4.78 is 19.0. The molecule has 1 N–H and O–H groups in total. The summed E-state index contributed by atoms with van der Waals surface area (Å²) in [5.74, 6) is -1.46. The number of halogens is 1. The fourth-order valence-electron chi connectivity index (χ4n) is 5.57. The van der Waals surface area contributed by atoms with Gasteiger partial charge in [0.05, 0.1) is 6.04 Å². The molecule has 5 rings (SSSR count). The van der Waals surface area contributed by atoms with Gasteiger partial charge in [0.1, 0.15) is 12.4 Å². The first-order chi connectivity index (χ1) is 16.7. The zero-order valence-corrected chi connectivity index (χ0v) is 19.5. The molecule has 182 valence electrons. The van der Waals surface area contributed by atoms with Crippen LogP contribution < -0.4 is 5.32 Å². The van der Waals surface area contributed by atoms with Crippen molar-refractivity contribution in [3.8, 4) is 0 Å². The Morgan fingerprint density at radius 2 is 1.89 bits per heavy atom. The van der Waals surface area contributed by atoms with E-state index in [-0.39, 0.29) is 36.1 Å². The van der Waals surface area contributed by atoms with E-state index >= 15 is 0 Å². The maximum absolute atomic E-state index is 13.5. The second-order valence-electron chi connectivity index (χ2n) is 9.43. The van der Waals surface area contributed by atoms with Crippen molar-refractivity contribution in [2.24, 2.45) is 0 Å². The molecule has 2 aromatic rings. The van der Waals surface area contributed by atoms with E-state index in [9.17, 15) is 23.6 Å². The van der Waals surface area contributed by atoms with Crippen molar-refractivity contribution in [1.82, 2.24) is 9.80 Å². The first-order valence-electron chi connectivity index (χ1n) is 11.7. The average molecular weight is 480 g/mol. The van der Waals surface area contributed by atoms with Crippen LogP contribution in [-0.4, -0.2) is 46.2 Å². The van der Waals surface area contributed by atoms with E-state index in [1.807, 2.05) is 6.92 Å². The number of hydrogen-bond acceptors (Lipinski definition) is 5. The number of nitrogens with one attached hydrogen (secondary N) is 1. The van der Waals surface area contributed by atoms with Crippen molar-refractivity contribution in [1.29, 1.82) is 0 Å². The summed E-state index contributed by atoms with van der Waals surface area (Å²) in [7, 11) is 0. The number of aryl methyl sites for hydroxylation is 1. The Kier molecular flexibility index (Phi) is 5.57. The molecule has 1 unspecified atom stereocenters. The number of likely N-dealkylation sites (tertiary alicyclic amines) is 1. The Morgan fingerprint density at radius 1 is 1.14 bits per heavy atom. The molecule has 8 nitrogen and oxygen atoms in total. The van der Waals surface area contributed by atoms with Gasteiger partial charge in [0.15, 0.2) is 0 Å². The molecule has 0 radical (unpaired) electrons. The fourth-order valence-corrected chi connectivity index (χ4v) is 5.57. The Hall–Kier alpha value is -3.75. The highest BCUT2D eigenvalue weighted by Crippen LogP contribution is 2.46. The zero-order chi connectivity index (χ0) is 24.9. The second kappa shape index (κ2) is 8.48. The van der Waals surface area contributed by atoms with Crippen LogP contribution in [0, 0.1) is 5.82 Å². The molecule has 4 amide bonds. The SMILES string of the molecule is CC(=O)Nc1ccc2c(c1)CCC21OC(=O)N(CC(=O)N2[C@@H](C)CC[C@H]2c2ccc(F)cc2)C1=O. The highest BCUT2D eigenvalue weighted by Gasteiger charge is 2.58. The fraction of sp³-hybridized carbons (Fsp3) is 0.385. The monoisotopic (exact) mass is 479 g/mol. The van der Waals surface area contributed by atoms with Gasteiger partial charge in [-0.2, -0.15) is 0 Å². The molecule has 3 aliphatic rings. The predicted molar refractivity (Wildman–Crippen MR) is 124 cm³/mol. The second-order valence-corrected chi connectivity index (χ2v) is 9.43. The van der Waals surface area contributed by atoms with Gasteiger partial charge in [-0.15, -0.1) is 0 Å². The minimum Gasteiger partial charge on any atom is -0.427 e. The van der Waals surface area contributed by atoms with E-state index < -0.39 is 24.1 Å².